The molecule has 0 unspecified atom stereocenters. The molecule has 0 aliphatic rings. The molecule has 2 aromatic rings. The van der Waals surface area contributed by atoms with E-state index in [4.69, 9.17) is 11.6 Å². The number of nitrogens with zero attached hydrogens (tertiary/aromatic N) is 1. The molecule has 0 fully saturated rings. The number of carbonyl (C=O) groups excluding carboxylic acids is 2. The monoisotopic (exact) mass is 442 g/mol. The van der Waals surface area contributed by atoms with Gasteiger partial charge in [-0.15, -0.1) is 0 Å². The Morgan fingerprint density at radius 2 is 1.52 bits per heavy atom. The van der Waals surface area contributed by atoms with Gasteiger partial charge in [0.25, 0.3) is 0 Å². The number of benzene rings is 2. The second kappa shape index (κ2) is 11.9. The van der Waals surface area contributed by atoms with Crippen molar-refractivity contribution in [3.05, 3.63) is 70.2 Å². The molecular weight excluding hydrogens is 408 g/mol. The lowest BCUT2D eigenvalue weighted by atomic mass is 10.00. The maximum atomic E-state index is 13.3. The molecule has 5 heteroatoms. The topological polar surface area (TPSA) is 49.4 Å². The second-order valence-corrected chi connectivity index (χ2v) is 9.07. The number of hydrogen-bond donors (Lipinski definition) is 1. The number of aryl methyl sites for hydroxylation is 1. The van der Waals surface area contributed by atoms with Crippen LogP contribution >= 0.6 is 11.6 Å². The van der Waals surface area contributed by atoms with E-state index in [2.05, 4.69) is 43.4 Å². The third-order valence-electron chi connectivity index (χ3n) is 5.36. The van der Waals surface area contributed by atoms with Crippen molar-refractivity contribution in [2.45, 2.75) is 78.4 Å². The van der Waals surface area contributed by atoms with E-state index in [1.165, 1.54) is 5.56 Å². The number of amides is 2. The van der Waals surface area contributed by atoms with Crippen LogP contribution in [0.1, 0.15) is 70.1 Å². The summed E-state index contributed by atoms with van der Waals surface area (Å²) >= 11 is 6.01. The molecular formula is C26H35ClN2O2. The van der Waals surface area contributed by atoms with Crippen molar-refractivity contribution < 1.29 is 9.59 Å². The van der Waals surface area contributed by atoms with E-state index in [1.54, 1.807) is 4.90 Å². The largest absolute Gasteiger partial charge is 0.352 e. The zero-order valence-electron chi connectivity index (χ0n) is 19.3. The van der Waals surface area contributed by atoms with Gasteiger partial charge in [-0.1, -0.05) is 68.8 Å². The normalized spacial score (nSPS) is 12.1. The summed E-state index contributed by atoms with van der Waals surface area (Å²) in [5, 5.41) is 3.61. The van der Waals surface area contributed by atoms with Crippen LogP contribution in [-0.4, -0.2) is 28.8 Å². The molecule has 0 aromatic heterocycles. The van der Waals surface area contributed by atoms with Crippen molar-refractivity contribution in [3.8, 4) is 0 Å². The van der Waals surface area contributed by atoms with Gasteiger partial charge in [0.1, 0.15) is 6.04 Å². The van der Waals surface area contributed by atoms with Gasteiger partial charge in [-0.05, 0) is 61.4 Å². The van der Waals surface area contributed by atoms with Crippen LogP contribution in [0.15, 0.2) is 48.5 Å². The first kappa shape index (κ1) is 24.9. The summed E-state index contributed by atoms with van der Waals surface area (Å²) < 4.78 is 0. The van der Waals surface area contributed by atoms with E-state index in [9.17, 15) is 9.59 Å². The molecule has 0 heterocycles. The first-order chi connectivity index (χ1) is 14.7. The van der Waals surface area contributed by atoms with Gasteiger partial charge in [0, 0.05) is 24.0 Å². The molecule has 2 amide bonds. The predicted molar refractivity (Wildman–Crippen MR) is 128 cm³/mol. The molecule has 168 valence electrons. The van der Waals surface area contributed by atoms with Gasteiger partial charge < -0.3 is 10.2 Å². The number of nitrogens with one attached hydrogen (secondary N) is 1. The van der Waals surface area contributed by atoms with Gasteiger partial charge in [-0.3, -0.25) is 9.59 Å². The van der Waals surface area contributed by atoms with Crippen LogP contribution in [0, 0.1) is 0 Å². The third-order valence-corrected chi connectivity index (χ3v) is 5.61. The molecule has 0 bridgehead atoms. The van der Waals surface area contributed by atoms with Gasteiger partial charge >= 0.3 is 0 Å². The van der Waals surface area contributed by atoms with Crippen LogP contribution in [-0.2, 0) is 22.6 Å². The number of hydrogen-bond acceptors (Lipinski definition) is 2. The van der Waals surface area contributed by atoms with Crippen molar-refractivity contribution in [1.82, 2.24) is 10.2 Å². The van der Waals surface area contributed by atoms with E-state index in [1.807, 2.05) is 45.0 Å². The van der Waals surface area contributed by atoms with Crippen molar-refractivity contribution >= 4 is 23.4 Å². The Morgan fingerprint density at radius 1 is 0.935 bits per heavy atom. The summed E-state index contributed by atoms with van der Waals surface area (Å²) in [7, 11) is 0. The van der Waals surface area contributed by atoms with Crippen LogP contribution in [0.3, 0.4) is 0 Å². The van der Waals surface area contributed by atoms with Gasteiger partial charge in [0.2, 0.25) is 11.8 Å². The number of halogens is 1. The van der Waals surface area contributed by atoms with Gasteiger partial charge in [0.15, 0.2) is 0 Å². The first-order valence-corrected chi connectivity index (χ1v) is 11.5. The minimum absolute atomic E-state index is 0.0198. The molecule has 0 aliphatic heterocycles. The van der Waals surface area contributed by atoms with Crippen LogP contribution < -0.4 is 5.32 Å². The summed E-state index contributed by atoms with van der Waals surface area (Å²) in [5.41, 5.74) is 3.37. The lowest BCUT2D eigenvalue weighted by Crippen LogP contribution is -2.50. The quantitative estimate of drug-likeness (QED) is 0.510. The maximum absolute atomic E-state index is 13.3. The van der Waals surface area contributed by atoms with E-state index in [0.29, 0.717) is 36.7 Å². The Bertz CT molecular complexity index is 845. The summed E-state index contributed by atoms with van der Waals surface area (Å²) in [4.78, 5) is 27.8. The smallest absolute Gasteiger partial charge is 0.243 e. The highest BCUT2D eigenvalue weighted by Gasteiger charge is 2.28. The van der Waals surface area contributed by atoms with Crippen molar-refractivity contribution in [2.75, 3.05) is 0 Å². The van der Waals surface area contributed by atoms with E-state index in [0.717, 1.165) is 11.1 Å². The molecule has 2 aromatic carbocycles. The lowest BCUT2D eigenvalue weighted by molar-refractivity contribution is -0.141. The Hall–Kier alpha value is -2.33. The number of carbonyl (C=O) groups is 2. The van der Waals surface area contributed by atoms with E-state index >= 15 is 0 Å². The molecule has 1 atom stereocenters. The molecule has 0 saturated heterocycles. The minimum Gasteiger partial charge on any atom is -0.352 e. The average Bonchev–Trinajstić information content (AvgIpc) is 2.73. The average molecular weight is 443 g/mol. The summed E-state index contributed by atoms with van der Waals surface area (Å²) in [5.74, 6) is 0.352. The zero-order valence-corrected chi connectivity index (χ0v) is 20.1. The first-order valence-electron chi connectivity index (χ1n) is 11.1. The fraction of sp³-hybridized carbons (Fsp3) is 0.462. The standard InChI is InChI=1S/C26H35ClN2O2/c1-6-24(26(31)28-19(4)5)29(17-21-9-14-23(27)15-10-21)25(30)16-11-20-7-12-22(13-8-20)18(2)3/h7-10,12-15,18-19,24H,6,11,16-17H2,1-5H3,(H,28,31)/t24-/m1/s1. The van der Waals surface area contributed by atoms with E-state index in [-0.39, 0.29) is 17.9 Å². The fourth-order valence-electron chi connectivity index (χ4n) is 3.55. The molecule has 0 saturated carbocycles. The molecule has 1 N–H and O–H groups in total. The molecule has 2 rings (SSSR count). The Kier molecular flexibility index (Phi) is 9.57. The fourth-order valence-corrected chi connectivity index (χ4v) is 3.68. The van der Waals surface area contributed by atoms with Gasteiger partial charge in [-0.2, -0.15) is 0 Å². The molecule has 0 spiro atoms. The Balaban J connectivity index is 2.17. The third kappa shape index (κ3) is 7.70. The highest BCUT2D eigenvalue weighted by molar-refractivity contribution is 6.30. The van der Waals surface area contributed by atoms with E-state index < -0.39 is 6.04 Å². The lowest BCUT2D eigenvalue weighted by Gasteiger charge is -2.31. The van der Waals surface area contributed by atoms with Gasteiger partial charge in [-0.25, -0.2) is 0 Å². The molecule has 31 heavy (non-hydrogen) atoms. The van der Waals surface area contributed by atoms with Crippen LogP contribution in [0.4, 0.5) is 0 Å². The highest BCUT2D eigenvalue weighted by atomic mass is 35.5. The Morgan fingerprint density at radius 3 is 2.03 bits per heavy atom. The zero-order chi connectivity index (χ0) is 23.0. The van der Waals surface area contributed by atoms with Crippen molar-refractivity contribution in [3.63, 3.8) is 0 Å². The minimum atomic E-state index is -0.506. The summed E-state index contributed by atoms with van der Waals surface area (Å²) in [6.45, 7) is 10.5. The van der Waals surface area contributed by atoms with Crippen molar-refractivity contribution in [1.29, 1.82) is 0 Å². The second-order valence-electron chi connectivity index (χ2n) is 8.63. The highest BCUT2D eigenvalue weighted by Crippen LogP contribution is 2.19. The van der Waals surface area contributed by atoms with Gasteiger partial charge in [0.05, 0.1) is 0 Å². The predicted octanol–water partition coefficient (Wildman–Crippen LogP) is 5.73. The summed E-state index contributed by atoms with van der Waals surface area (Å²) in [6.07, 6.45) is 1.57. The Labute approximate surface area is 192 Å². The molecule has 0 radical (unpaired) electrons. The van der Waals surface area contributed by atoms with Crippen LogP contribution in [0.5, 0.6) is 0 Å². The molecule has 4 nitrogen and oxygen atoms in total. The van der Waals surface area contributed by atoms with Crippen molar-refractivity contribution in [2.24, 2.45) is 0 Å². The summed E-state index contributed by atoms with van der Waals surface area (Å²) in [6, 6.07) is 15.4. The van der Waals surface area contributed by atoms with Crippen LogP contribution in [0.2, 0.25) is 5.02 Å². The number of rotatable bonds is 10. The maximum Gasteiger partial charge on any atom is 0.243 e. The molecule has 0 aliphatic carbocycles. The van der Waals surface area contributed by atoms with Crippen LogP contribution in [0.25, 0.3) is 0 Å². The SMILES string of the molecule is CC[C@H](C(=O)NC(C)C)N(Cc1ccc(Cl)cc1)C(=O)CCc1ccc(C(C)C)cc1.